The standard InChI is InChI=1S/C33H47N7O12/c1-17(2)13-23(33(51)52)39-30(48)21(16-27(44)45)36-29(47)20(14-18-7-4-3-5-8-18)37-31(49)24-9-6-12-40(24)32(50)22(15-25(35)41)38-28(46)19(34)10-11-26(42)43/h3-5,7-8,17,19-24H,6,9-16,34H2,1-2H3,(H2,35,41)(H,36,47)(H,37,49)(H,38,46)(H,39,48)(H,42,43)(H,44,45)(H,51,52)/t19-,20-,21-,22-,23-,24-/m0/s1. The number of nitrogens with zero attached hydrogens (tertiary/aromatic N) is 1. The Hall–Kier alpha value is -5.59. The van der Waals surface area contributed by atoms with Crippen LogP contribution < -0.4 is 32.7 Å². The number of aliphatic carboxylic acids is 3. The van der Waals surface area contributed by atoms with Crippen molar-refractivity contribution < 1.29 is 58.5 Å². The molecule has 1 aliphatic heterocycles. The van der Waals surface area contributed by atoms with E-state index in [9.17, 15) is 53.4 Å². The molecule has 0 radical (unpaired) electrons. The van der Waals surface area contributed by atoms with E-state index in [1.54, 1.807) is 44.2 Å². The van der Waals surface area contributed by atoms with E-state index in [0.717, 1.165) is 4.90 Å². The molecule has 0 unspecified atom stereocenters. The van der Waals surface area contributed by atoms with Crippen LogP contribution >= 0.6 is 0 Å². The highest BCUT2D eigenvalue weighted by Gasteiger charge is 2.40. The van der Waals surface area contributed by atoms with Gasteiger partial charge < -0.3 is 53.0 Å². The number of carboxylic acid groups (broad SMARTS) is 3. The lowest BCUT2D eigenvalue weighted by atomic mass is 10.0. The van der Waals surface area contributed by atoms with E-state index < -0.39 is 109 Å². The molecule has 1 heterocycles. The Labute approximate surface area is 299 Å². The number of amides is 6. The molecule has 286 valence electrons. The second kappa shape index (κ2) is 20.3. The molecule has 2 rings (SSSR count). The van der Waals surface area contributed by atoms with Crippen molar-refractivity contribution in [2.24, 2.45) is 17.4 Å². The highest BCUT2D eigenvalue weighted by Crippen LogP contribution is 2.20. The number of hydrogen-bond acceptors (Lipinski definition) is 10. The van der Waals surface area contributed by atoms with Gasteiger partial charge in [0.25, 0.3) is 0 Å². The van der Waals surface area contributed by atoms with Gasteiger partial charge in [-0.1, -0.05) is 44.2 Å². The molecule has 0 spiro atoms. The van der Waals surface area contributed by atoms with Gasteiger partial charge in [-0.3, -0.25) is 38.4 Å². The summed E-state index contributed by atoms with van der Waals surface area (Å²) in [6, 6.07) is -0.214. The van der Waals surface area contributed by atoms with Gasteiger partial charge >= 0.3 is 17.9 Å². The molecule has 19 nitrogen and oxygen atoms in total. The van der Waals surface area contributed by atoms with Crippen LogP contribution in [-0.4, -0.2) is 116 Å². The van der Waals surface area contributed by atoms with Crippen LogP contribution in [0.5, 0.6) is 0 Å². The van der Waals surface area contributed by atoms with Crippen LogP contribution in [0.25, 0.3) is 0 Å². The van der Waals surface area contributed by atoms with Crippen LogP contribution in [-0.2, 0) is 49.6 Å². The lowest BCUT2D eigenvalue weighted by Gasteiger charge is -2.30. The summed E-state index contributed by atoms with van der Waals surface area (Å²) in [5.74, 6) is -9.76. The summed E-state index contributed by atoms with van der Waals surface area (Å²) in [6.07, 6.45) is -1.94. The predicted molar refractivity (Wildman–Crippen MR) is 181 cm³/mol. The van der Waals surface area contributed by atoms with E-state index in [1.165, 1.54) is 0 Å². The number of hydrogen-bond donors (Lipinski definition) is 9. The molecule has 1 aromatic carbocycles. The summed E-state index contributed by atoms with van der Waals surface area (Å²) in [7, 11) is 0. The van der Waals surface area contributed by atoms with Crippen molar-refractivity contribution in [3.8, 4) is 0 Å². The summed E-state index contributed by atoms with van der Waals surface area (Å²) in [5.41, 5.74) is 11.6. The van der Waals surface area contributed by atoms with Crippen molar-refractivity contribution >= 4 is 53.4 Å². The van der Waals surface area contributed by atoms with Gasteiger partial charge in [0.2, 0.25) is 35.4 Å². The molecule has 1 aromatic rings. The predicted octanol–water partition coefficient (Wildman–Crippen LogP) is -2.17. The fourth-order valence-corrected chi connectivity index (χ4v) is 5.54. The van der Waals surface area contributed by atoms with Crippen molar-refractivity contribution in [3.63, 3.8) is 0 Å². The average molecular weight is 734 g/mol. The third-order valence-electron chi connectivity index (χ3n) is 8.11. The first kappa shape index (κ1) is 42.6. The number of carbonyl (C=O) groups is 9. The molecule has 0 saturated carbocycles. The van der Waals surface area contributed by atoms with Crippen LogP contribution in [0.15, 0.2) is 30.3 Å². The molecule has 6 atom stereocenters. The molecule has 11 N–H and O–H groups in total. The first-order valence-corrected chi connectivity index (χ1v) is 16.7. The number of likely N-dealkylation sites (tertiary alicyclic amines) is 1. The minimum Gasteiger partial charge on any atom is -0.481 e. The summed E-state index contributed by atoms with van der Waals surface area (Å²) in [4.78, 5) is 114. The van der Waals surface area contributed by atoms with E-state index in [2.05, 4.69) is 21.3 Å². The van der Waals surface area contributed by atoms with Gasteiger partial charge in [-0.15, -0.1) is 0 Å². The zero-order valence-electron chi connectivity index (χ0n) is 28.9. The van der Waals surface area contributed by atoms with E-state index in [0.29, 0.717) is 12.0 Å². The molecular formula is C33H47N7O12. The lowest BCUT2D eigenvalue weighted by Crippen LogP contribution is -2.59. The fraction of sp³-hybridized carbons (Fsp3) is 0.545. The quantitative estimate of drug-likeness (QED) is 0.0651. The minimum atomic E-state index is -1.72. The van der Waals surface area contributed by atoms with E-state index in [1.807, 2.05) is 0 Å². The Morgan fingerprint density at radius 1 is 0.788 bits per heavy atom. The largest absolute Gasteiger partial charge is 0.481 e. The van der Waals surface area contributed by atoms with Crippen LogP contribution in [0, 0.1) is 5.92 Å². The fourth-order valence-electron chi connectivity index (χ4n) is 5.54. The number of nitrogens with one attached hydrogen (secondary N) is 4. The summed E-state index contributed by atoms with van der Waals surface area (Å²) in [5, 5.41) is 37.4. The van der Waals surface area contributed by atoms with Crippen LogP contribution in [0.3, 0.4) is 0 Å². The SMILES string of the molecule is CC(C)C[C@H](NC(=O)[C@H](CC(=O)O)NC(=O)[C@H](Cc1ccccc1)NC(=O)[C@@H]1CCCN1C(=O)[C@H](CC(N)=O)NC(=O)[C@@H](N)CCC(=O)O)C(=O)O. The van der Waals surface area contributed by atoms with Gasteiger partial charge in [0, 0.05) is 19.4 Å². The van der Waals surface area contributed by atoms with E-state index >= 15 is 0 Å². The number of nitrogens with two attached hydrogens (primary N) is 2. The number of carboxylic acids is 3. The third kappa shape index (κ3) is 14.0. The van der Waals surface area contributed by atoms with Crippen molar-refractivity contribution in [2.45, 2.75) is 101 Å². The van der Waals surface area contributed by atoms with Crippen molar-refractivity contribution in [2.75, 3.05) is 6.54 Å². The second-order valence-electron chi connectivity index (χ2n) is 12.9. The van der Waals surface area contributed by atoms with Gasteiger partial charge in [0.1, 0.15) is 30.2 Å². The lowest BCUT2D eigenvalue weighted by molar-refractivity contribution is -0.144. The zero-order chi connectivity index (χ0) is 39.1. The number of benzene rings is 1. The van der Waals surface area contributed by atoms with E-state index in [-0.39, 0.29) is 38.1 Å². The highest BCUT2D eigenvalue weighted by atomic mass is 16.4. The molecule has 6 amide bonds. The van der Waals surface area contributed by atoms with Crippen LogP contribution in [0.2, 0.25) is 0 Å². The molecule has 0 bridgehead atoms. The summed E-state index contributed by atoms with van der Waals surface area (Å²) in [6.45, 7) is 3.47. The van der Waals surface area contributed by atoms with Crippen molar-refractivity contribution in [3.05, 3.63) is 35.9 Å². The normalized spacial score (nSPS) is 16.8. The molecule has 1 saturated heterocycles. The van der Waals surface area contributed by atoms with Crippen LogP contribution in [0.4, 0.5) is 0 Å². The van der Waals surface area contributed by atoms with Gasteiger partial charge in [0.05, 0.1) is 18.9 Å². The van der Waals surface area contributed by atoms with Crippen LogP contribution in [0.1, 0.15) is 64.4 Å². The van der Waals surface area contributed by atoms with E-state index in [4.69, 9.17) is 16.6 Å². The molecule has 1 aliphatic rings. The maximum absolute atomic E-state index is 13.7. The Bertz CT molecular complexity index is 1490. The highest BCUT2D eigenvalue weighted by molar-refractivity contribution is 5.98. The molecule has 1 fully saturated rings. The second-order valence-corrected chi connectivity index (χ2v) is 12.9. The Kier molecular flexibility index (Phi) is 16.6. The van der Waals surface area contributed by atoms with Gasteiger partial charge in [-0.05, 0) is 37.2 Å². The first-order valence-electron chi connectivity index (χ1n) is 16.7. The van der Waals surface area contributed by atoms with Gasteiger partial charge in [-0.25, -0.2) is 4.79 Å². The van der Waals surface area contributed by atoms with Gasteiger partial charge in [0.15, 0.2) is 0 Å². The Morgan fingerprint density at radius 2 is 1.38 bits per heavy atom. The summed E-state index contributed by atoms with van der Waals surface area (Å²) < 4.78 is 0. The van der Waals surface area contributed by atoms with Gasteiger partial charge in [-0.2, -0.15) is 0 Å². The molecule has 19 heteroatoms. The zero-order valence-corrected chi connectivity index (χ0v) is 28.9. The topological polar surface area (TPSA) is 318 Å². The first-order chi connectivity index (χ1) is 24.4. The average Bonchev–Trinajstić information content (AvgIpc) is 3.55. The number of primary amides is 1. The maximum Gasteiger partial charge on any atom is 0.326 e. The number of carbonyl (C=O) groups excluding carboxylic acids is 6. The van der Waals surface area contributed by atoms with Crippen molar-refractivity contribution in [1.82, 2.24) is 26.2 Å². The Morgan fingerprint density at radius 3 is 1.94 bits per heavy atom. The monoisotopic (exact) mass is 733 g/mol. The third-order valence-corrected chi connectivity index (χ3v) is 8.11. The smallest absolute Gasteiger partial charge is 0.326 e. The maximum atomic E-state index is 13.7. The number of rotatable bonds is 21. The summed E-state index contributed by atoms with van der Waals surface area (Å²) >= 11 is 0. The molecular weight excluding hydrogens is 686 g/mol. The molecule has 0 aliphatic carbocycles. The molecule has 0 aromatic heterocycles. The Balaban J connectivity index is 2.32. The van der Waals surface area contributed by atoms with Crippen molar-refractivity contribution in [1.29, 1.82) is 0 Å². The minimum absolute atomic E-state index is 0.0185. The molecule has 52 heavy (non-hydrogen) atoms.